The van der Waals surface area contributed by atoms with E-state index in [1.165, 1.54) is 0 Å². The lowest BCUT2D eigenvalue weighted by molar-refractivity contribution is 0.276. The molecule has 0 amide bonds. The number of methoxy groups -OCH3 is 1. The van der Waals surface area contributed by atoms with E-state index in [9.17, 15) is 5.11 Å². The average molecular weight is 354 g/mol. The Kier molecular flexibility index (Phi) is 5.33. The van der Waals surface area contributed by atoms with Crippen LogP contribution in [0.5, 0.6) is 5.75 Å². The third-order valence-corrected chi connectivity index (χ3v) is 3.92. The molecule has 136 valence electrons. The smallest absolute Gasteiger partial charge is 0.229 e. The van der Waals surface area contributed by atoms with Crippen LogP contribution in [-0.2, 0) is 7.05 Å². The summed E-state index contributed by atoms with van der Waals surface area (Å²) in [6.07, 6.45) is 5.26. The van der Waals surface area contributed by atoms with E-state index in [0.29, 0.717) is 11.8 Å². The largest absolute Gasteiger partial charge is 0.497 e. The molecule has 1 aromatic carbocycles. The van der Waals surface area contributed by atoms with Crippen LogP contribution in [0.15, 0.2) is 42.9 Å². The number of ether oxygens (including phenoxy) is 1. The molecule has 1 atom stereocenters. The summed E-state index contributed by atoms with van der Waals surface area (Å²) in [7, 11) is 3.46. The molecule has 2 aromatic heterocycles. The van der Waals surface area contributed by atoms with Crippen LogP contribution >= 0.6 is 0 Å². The quantitative estimate of drug-likeness (QED) is 0.599. The van der Waals surface area contributed by atoms with E-state index in [0.717, 1.165) is 22.6 Å². The fourth-order valence-corrected chi connectivity index (χ4v) is 2.52. The van der Waals surface area contributed by atoms with Gasteiger partial charge in [-0.15, -0.1) is 0 Å². The van der Waals surface area contributed by atoms with Crippen LogP contribution in [0.4, 0.5) is 17.5 Å². The number of aliphatic hydroxyl groups is 1. The zero-order chi connectivity index (χ0) is 18.5. The Morgan fingerprint density at radius 2 is 2.15 bits per heavy atom. The molecule has 3 rings (SSSR count). The second-order valence-electron chi connectivity index (χ2n) is 5.91. The fourth-order valence-electron chi connectivity index (χ4n) is 2.52. The van der Waals surface area contributed by atoms with E-state index >= 15 is 0 Å². The van der Waals surface area contributed by atoms with Gasteiger partial charge in [-0.3, -0.25) is 4.68 Å². The highest BCUT2D eigenvalue weighted by Crippen LogP contribution is 2.24. The number of hydrogen-bond donors (Lipinski definition) is 3. The van der Waals surface area contributed by atoms with Gasteiger partial charge in [-0.05, 0) is 24.6 Å². The van der Waals surface area contributed by atoms with Crippen LogP contribution in [0.2, 0.25) is 0 Å². The Labute approximate surface area is 151 Å². The van der Waals surface area contributed by atoms with Gasteiger partial charge < -0.3 is 20.5 Å². The Morgan fingerprint density at radius 1 is 1.31 bits per heavy atom. The third-order valence-electron chi connectivity index (χ3n) is 3.92. The van der Waals surface area contributed by atoms with Gasteiger partial charge in [-0.25, -0.2) is 4.98 Å². The molecule has 0 aliphatic carbocycles. The first kappa shape index (κ1) is 17.7. The van der Waals surface area contributed by atoms with E-state index in [4.69, 9.17) is 4.74 Å². The molecule has 0 fully saturated rings. The summed E-state index contributed by atoms with van der Waals surface area (Å²) in [4.78, 5) is 8.81. The van der Waals surface area contributed by atoms with Crippen LogP contribution in [0.25, 0.3) is 0 Å². The van der Waals surface area contributed by atoms with Crippen LogP contribution in [0, 0.1) is 6.92 Å². The number of nitrogens with zero attached hydrogens (tertiary/aromatic N) is 4. The second-order valence-corrected chi connectivity index (χ2v) is 5.91. The first-order chi connectivity index (χ1) is 12.6. The van der Waals surface area contributed by atoms with Gasteiger partial charge in [0.1, 0.15) is 11.6 Å². The van der Waals surface area contributed by atoms with Crippen molar-refractivity contribution < 1.29 is 9.84 Å². The second kappa shape index (κ2) is 7.83. The fraction of sp³-hybridized carbons (Fsp3) is 0.278. The van der Waals surface area contributed by atoms with Crippen molar-refractivity contribution in [2.45, 2.75) is 13.0 Å². The Morgan fingerprint density at radius 3 is 2.85 bits per heavy atom. The van der Waals surface area contributed by atoms with Crippen molar-refractivity contribution in [3.63, 3.8) is 0 Å². The summed E-state index contributed by atoms with van der Waals surface area (Å²) in [5.41, 5.74) is 2.59. The molecule has 0 spiro atoms. The highest BCUT2D eigenvalue weighted by molar-refractivity contribution is 5.55. The highest BCUT2D eigenvalue weighted by atomic mass is 16.5. The molecule has 2 heterocycles. The standard InChI is InChI=1S/C18H22N6O2/c1-12-8-19-18(21-14-9-20-24(2)10-14)23-17(12)22-16(11-25)13-5-4-6-15(7-13)26-3/h4-10,16,25H,11H2,1-3H3,(H2,19,21,22,23). The highest BCUT2D eigenvalue weighted by Gasteiger charge is 2.14. The topological polar surface area (TPSA) is 97.1 Å². The zero-order valence-electron chi connectivity index (χ0n) is 15.0. The summed E-state index contributed by atoms with van der Waals surface area (Å²) >= 11 is 0. The summed E-state index contributed by atoms with van der Waals surface area (Å²) in [6, 6.07) is 7.26. The Bertz CT molecular complexity index is 880. The summed E-state index contributed by atoms with van der Waals surface area (Å²) in [6.45, 7) is 1.83. The van der Waals surface area contributed by atoms with Crippen molar-refractivity contribution >= 4 is 17.5 Å². The van der Waals surface area contributed by atoms with Crippen LogP contribution in [0.3, 0.4) is 0 Å². The third kappa shape index (κ3) is 4.09. The summed E-state index contributed by atoms with van der Waals surface area (Å²) in [5.74, 6) is 1.84. The van der Waals surface area contributed by atoms with E-state index in [1.807, 2.05) is 44.4 Å². The number of aryl methyl sites for hydroxylation is 2. The van der Waals surface area contributed by atoms with Crippen molar-refractivity contribution in [2.75, 3.05) is 24.4 Å². The van der Waals surface area contributed by atoms with Crippen LogP contribution in [0.1, 0.15) is 17.2 Å². The zero-order valence-corrected chi connectivity index (χ0v) is 15.0. The molecule has 0 saturated heterocycles. The monoisotopic (exact) mass is 354 g/mol. The van der Waals surface area contributed by atoms with Crippen LogP contribution < -0.4 is 15.4 Å². The van der Waals surface area contributed by atoms with Gasteiger partial charge in [0.05, 0.1) is 31.6 Å². The predicted molar refractivity (Wildman–Crippen MR) is 99.7 cm³/mol. The van der Waals surface area contributed by atoms with E-state index < -0.39 is 0 Å². The maximum atomic E-state index is 9.83. The number of aliphatic hydroxyl groups excluding tert-OH is 1. The van der Waals surface area contributed by atoms with Crippen LogP contribution in [-0.4, -0.2) is 38.6 Å². The van der Waals surface area contributed by atoms with Gasteiger partial charge in [0.25, 0.3) is 0 Å². The molecule has 3 aromatic rings. The number of nitrogens with one attached hydrogen (secondary N) is 2. The Balaban J connectivity index is 1.81. The molecule has 0 bridgehead atoms. The van der Waals surface area contributed by atoms with Gasteiger partial charge in [0, 0.05) is 25.0 Å². The van der Waals surface area contributed by atoms with E-state index in [-0.39, 0.29) is 12.6 Å². The van der Waals surface area contributed by atoms with Gasteiger partial charge in [-0.1, -0.05) is 12.1 Å². The molecule has 0 radical (unpaired) electrons. The minimum atomic E-state index is -0.315. The molecular weight excluding hydrogens is 332 g/mol. The minimum absolute atomic E-state index is 0.0814. The Hall–Kier alpha value is -3.13. The predicted octanol–water partition coefficient (Wildman–Crippen LogP) is 2.42. The lowest BCUT2D eigenvalue weighted by atomic mass is 10.1. The first-order valence-corrected chi connectivity index (χ1v) is 8.19. The van der Waals surface area contributed by atoms with Crippen molar-refractivity contribution in [1.29, 1.82) is 0 Å². The molecule has 8 heteroatoms. The van der Waals surface area contributed by atoms with Crippen molar-refractivity contribution in [2.24, 2.45) is 7.05 Å². The van der Waals surface area contributed by atoms with Gasteiger partial charge >= 0.3 is 0 Å². The summed E-state index contributed by atoms with van der Waals surface area (Å²) < 4.78 is 6.95. The molecule has 3 N–H and O–H groups in total. The van der Waals surface area contributed by atoms with E-state index in [1.54, 1.807) is 24.2 Å². The van der Waals surface area contributed by atoms with Crippen molar-refractivity contribution in [3.8, 4) is 5.75 Å². The van der Waals surface area contributed by atoms with Gasteiger partial charge in [0.15, 0.2) is 0 Å². The van der Waals surface area contributed by atoms with Gasteiger partial charge in [0.2, 0.25) is 5.95 Å². The number of hydrogen-bond acceptors (Lipinski definition) is 7. The number of benzene rings is 1. The number of anilines is 3. The van der Waals surface area contributed by atoms with Crippen molar-refractivity contribution in [1.82, 2.24) is 19.7 Å². The molecule has 0 aliphatic heterocycles. The molecule has 26 heavy (non-hydrogen) atoms. The molecule has 8 nitrogen and oxygen atoms in total. The average Bonchev–Trinajstić information content (AvgIpc) is 3.06. The molecule has 0 aliphatic rings. The number of aromatic nitrogens is 4. The minimum Gasteiger partial charge on any atom is -0.497 e. The maximum Gasteiger partial charge on any atom is 0.229 e. The lowest BCUT2D eigenvalue weighted by Crippen LogP contribution is -2.17. The lowest BCUT2D eigenvalue weighted by Gasteiger charge is -2.19. The molecular formula is C18H22N6O2. The van der Waals surface area contributed by atoms with Gasteiger partial charge in [-0.2, -0.15) is 10.1 Å². The number of rotatable bonds is 7. The summed E-state index contributed by atoms with van der Waals surface area (Å²) in [5, 5.41) is 20.3. The van der Waals surface area contributed by atoms with Crippen molar-refractivity contribution in [3.05, 3.63) is 54.0 Å². The SMILES string of the molecule is COc1cccc(C(CO)Nc2nc(Nc3cnn(C)c3)ncc2C)c1. The first-order valence-electron chi connectivity index (χ1n) is 8.19. The normalized spacial score (nSPS) is 11.8. The molecule has 1 unspecified atom stereocenters. The van der Waals surface area contributed by atoms with E-state index in [2.05, 4.69) is 25.7 Å². The molecule has 0 saturated carbocycles. The maximum absolute atomic E-state index is 9.83.